The predicted octanol–water partition coefficient (Wildman–Crippen LogP) is 11.5. The largest absolute Gasteiger partial charge is 0.495 e. The lowest BCUT2D eigenvalue weighted by molar-refractivity contribution is -0.135. The third-order valence-electron chi connectivity index (χ3n) is 14.4. The van der Waals surface area contributed by atoms with Crippen molar-refractivity contribution in [3.63, 3.8) is 0 Å². The van der Waals surface area contributed by atoms with Gasteiger partial charge in [0.05, 0.1) is 50.2 Å². The van der Waals surface area contributed by atoms with Crippen molar-refractivity contribution in [2.45, 2.75) is 94.4 Å². The van der Waals surface area contributed by atoms with Gasteiger partial charge in [0.2, 0.25) is 11.8 Å². The first-order valence-corrected chi connectivity index (χ1v) is 28.8. The highest BCUT2D eigenvalue weighted by atomic mass is 35.5. The van der Waals surface area contributed by atoms with Crippen molar-refractivity contribution < 1.29 is 50.2 Å². The van der Waals surface area contributed by atoms with Crippen LogP contribution in [0.25, 0.3) is 42.7 Å². The molecule has 0 radical (unpaired) electrons. The van der Waals surface area contributed by atoms with Crippen LogP contribution in [0.4, 0.5) is 38.0 Å². The van der Waals surface area contributed by atoms with E-state index in [1.165, 1.54) is 24.8 Å². The third kappa shape index (κ3) is 18.5. The number of carbonyl (C=O) groups excluding carboxylic acids is 3. The Morgan fingerprint density at radius 1 is 0.605 bits per heavy atom. The molecule has 6 aromatic heterocycles. The van der Waals surface area contributed by atoms with Crippen LogP contribution < -0.4 is 31.2 Å². The Morgan fingerprint density at radius 2 is 1.05 bits per heavy atom. The van der Waals surface area contributed by atoms with Gasteiger partial charge in [0.15, 0.2) is 0 Å². The van der Waals surface area contributed by atoms with Gasteiger partial charge >= 0.3 is 12.4 Å². The topological polar surface area (TPSA) is 216 Å². The number of halogens is 7. The van der Waals surface area contributed by atoms with E-state index in [1.807, 2.05) is 36.4 Å². The molecule has 2 aromatic carbocycles. The molecule has 17 nitrogen and oxygen atoms in total. The molecule has 0 bridgehead atoms. The molecule has 2 aliphatic carbocycles. The van der Waals surface area contributed by atoms with E-state index < -0.39 is 25.2 Å². The van der Waals surface area contributed by atoms with Crippen LogP contribution in [0.5, 0.6) is 11.5 Å². The maximum absolute atomic E-state index is 13.0. The van der Waals surface area contributed by atoms with E-state index in [2.05, 4.69) is 58.0 Å². The molecule has 458 valence electrons. The Labute approximate surface area is 508 Å². The van der Waals surface area contributed by atoms with Crippen molar-refractivity contribution in [2.24, 2.45) is 17.6 Å². The molecule has 5 N–H and O–H groups in total. The third-order valence-corrected chi connectivity index (χ3v) is 16.5. The first-order chi connectivity index (χ1) is 40.5. The van der Waals surface area contributed by atoms with Gasteiger partial charge in [-0.1, -0.05) is 48.5 Å². The minimum Gasteiger partial charge on any atom is -0.495 e. The smallest absolute Gasteiger partial charge is 0.393 e. The zero-order valence-electron chi connectivity index (χ0n) is 48.0. The molecule has 6 heterocycles. The SMILES string of the molecule is CN(C)C(=O)[C@@H]1C[C@H](N)C[C@H](Nc2ncnc3sc(CC(F)(F)F)cc23)C1.COc1cncc(-c2ccc(C=O)cc2)c1.COc1cncc(-c2ccc(CN[C@@H]3C[C@H](Nc4ncnc5sc(CC(F)(F)F)cc45)C[C@H](C(=O)N(C)C)C3)cc2)c1.Cl. The summed E-state index contributed by atoms with van der Waals surface area (Å²) in [6.45, 7) is 0.625. The number of amides is 2. The van der Waals surface area contributed by atoms with Gasteiger partial charge in [-0.2, -0.15) is 26.3 Å². The summed E-state index contributed by atoms with van der Waals surface area (Å²) < 4.78 is 87.4. The van der Waals surface area contributed by atoms with Crippen molar-refractivity contribution in [3.8, 4) is 33.8 Å². The molecule has 8 aromatic rings. The maximum Gasteiger partial charge on any atom is 0.393 e. The molecule has 0 saturated heterocycles. The molecule has 86 heavy (non-hydrogen) atoms. The van der Waals surface area contributed by atoms with Gasteiger partial charge in [0, 0.05) is 110 Å². The van der Waals surface area contributed by atoms with Gasteiger partial charge in [0.1, 0.15) is 51.7 Å². The van der Waals surface area contributed by atoms with Gasteiger partial charge in [-0.3, -0.25) is 24.4 Å². The summed E-state index contributed by atoms with van der Waals surface area (Å²) in [6.07, 6.45) is 3.79. The Bertz CT molecular complexity index is 3540. The number of aromatic nitrogens is 6. The number of thiophene rings is 2. The summed E-state index contributed by atoms with van der Waals surface area (Å²) in [5, 5.41) is 11.5. The molecule has 0 unspecified atom stereocenters. The number of nitrogens with two attached hydrogens (primary N) is 1. The fourth-order valence-electron chi connectivity index (χ4n) is 10.4. The number of benzene rings is 2. The minimum atomic E-state index is -4.30. The molecular weight excluding hydrogens is 1180 g/mol. The van der Waals surface area contributed by atoms with Crippen LogP contribution in [0.2, 0.25) is 0 Å². The van der Waals surface area contributed by atoms with E-state index in [-0.39, 0.29) is 70.0 Å². The maximum atomic E-state index is 13.0. The number of carbonyl (C=O) groups is 3. The monoisotopic (exact) mass is 1250 g/mol. The normalized spacial score (nSPS) is 18.5. The summed E-state index contributed by atoms with van der Waals surface area (Å²) in [7, 11) is 10.2. The quantitative estimate of drug-likeness (QED) is 0.0523. The summed E-state index contributed by atoms with van der Waals surface area (Å²) >= 11 is 2.04. The molecular formula is C60H67ClF6N12O5S2. The second-order valence-corrected chi connectivity index (χ2v) is 23.6. The van der Waals surface area contributed by atoms with Crippen LogP contribution in [0.3, 0.4) is 0 Å². The number of hydrogen-bond acceptors (Lipinski definition) is 17. The van der Waals surface area contributed by atoms with Crippen molar-refractivity contribution in [1.29, 1.82) is 0 Å². The summed E-state index contributed by atoms with van der Waals surface area (Å²) in [5.74, 6) is 2.11. The minimum absolute atomic E-state index is 0. The number of pyridine rings is 2. The summed E-state index contributed by atoms with van der Waals surface area (Å²) in [5.41, 5.74) is 11.9. The standard InChI is InChI=1S/C30H33F3N6O2S.C17H22F3N5OS.C13H11NO2.ClH/c1-39(2)29(40)20-8-22(35-14-18-4-6-19(7-5-18)21-10-24(41-3)16-34-15-21)11-23(9-20)38-27-26-12-25(13-30(31,32)33)42-28(26)37-17-36-27;1-25(2)16(26)9-3-10(21)5-11(4-9)24-14-13-6-12(7-17(18,19)20)27-15(13)23-8-22-14;1-16-13-6-12(7-14-8-13)11-4-2-10(9-15)3-5-11;/h4-7,10,12,15-17,20,22-23,35H,8-9,11,13-14H2,1-3H3,(H,36,37,38);6,8-11H,3-5,7,21H2,1-2H3,(H,22,23,24);2-9H,1H3;1H/t20-,22+,23-;9-,10+,11-;;/m11../s1. The number of rotatable bonds is 16. The van der Waals surface area contributed by atoms with Crippen LogP contribution >= 0.6 is 35.1 Å². The Kier molecular flexibility index (Phi) is 22.8. The highest BCUT2D eigenvalue weighted by Gasteiger charge is 2.36. The molecule has 2 aliphatic rings. The van der Waals surface area contributed by atoms with Gasteiger partial charge in [-0.15, -0.1) is 35.1 Å². The van der Waals surface area contributed by atoms with Crippen molar-refractivity contribution >= 4 is 85.3 Å². The van der Waals surface area contributed by atoms with Crippen molar-refractivity contribution in [1.82, 2.24) is 45.0 Å². The first kappa shape index (κ1) is 66.0. The Hall–Kier alpha value is -7.58. The van der Waals surface area contributed by atoms with E-state index in [4.69, 9.17) is 15.2 Å². The number of ether oxygens (including phenoxy) is 2. The van der Waals surface area contributed by atoms with Gasteiger partial charge in [-0.25, -0.2) is 19.9 Å². The van der Waals surface area contributed by atoms with Crippen LogP contribution in [-0.2, 0) is 29.0 Å². The van der Waals surface area contributed by atoms with Gasteiger partial charge in [0.25, 0.3) is 0 Å². The molecule has 0 spiro atoms. The molecule has 2 saturated carbocycles. The molecule has 2 amide bonds. The Balaban J connectivity index is 0.000000205. The predicted molar refractivity (Wildman–Crippen MR) is 325 cm³/mol. The molecule has 10 rings (SSSR count). The number of methoxy groups -OCH3 is 2. The van der Waals surface area contributed by atoms with E-state index in [0.717, 1.165) is 68.9 Å². The first-order valence-electron chi connectivity index (χ1n) is 27.2. The average molecular weight is 1250 g/mol. The number of alkyl halides is 6. The lowest BCUT2D eigenvalue weighted by Gasteiger charge is -2.36. The highest BCUT2D eigenvalue weighted by Crippen LogP contribution is 2.37. The fourth-order valence-corrected chi connectivity index (χ4v) is 12.5. The number of hydrogen-bond donors (Lipinski definition) is 4. The number of anilines is 2. The fraction of sp³-hybridized carbons (Fsp3) is 0.383. The lowest BCUT2D eigenvalue weighted by Crippen LogP contribution is -2.46. The molecule has 0 aliphatic heterocycles. The van der Waals surface area contributed by atoms with Crippen LogP contribution in [0.1, 0.15) is 64.2 Å². The zero-order valence-corrected chi connectivity index (χ0v) is 50.4. The van der Waals surface area contributed by atoms with E-state index >= 15 is 0 Å². The lowest BCUT2D eigenvalue weighted by atomic mass is 9.81. The number of fused-ring (bicyclic) bond motifs is 2. The Morgan fingerprint density at radius 3 is 1.49 bits per heavy atom. The zero-order chi connectivity index (χ0) is 61.0. The number of aldehydes is 1. The van der Waals surface area contributed by atoms with E-state index in [1.54, 1.807) is 89.1 Å². The molecule has 26 heteroatoms. The number of nitrogens with one attached hydrogen (secondary N) is 3. The van der Waals surface area contributed by atoms with Crippen molar-refractivity contribution in [2.75, 3.05) is 53.0 Å². The van der Waals surface area contributed by atoms with Crippen LogP contribution in [0.15, 0.2) is 110 Å². The van der Waals surface area contributed by atoms with Crippen LogP contribution in [-0.4, -0.2) is 137 Å². The second kappa shape index (κ2) is 29.7. The van der Waals surface area contributed by atoms with Gasteiger partial charge < -0.3 is 41.0 Å². The average Bonchev–Trinajstić information content (AvgIpc) is 2.29. The van der Waals surface area contributed by atoms with Gasteiger partial charge in [-0.05, 0) is 79.5 Å². The number of nitrogens with zero attached hydrogens (tertiary/aromatic N) is 8. The van der Waals surface area contributed by atoms with Crippen molar-refractivity contribution in [3.05, 3.63) is 131 Å². The highest BCUT2D eigenvalue weighted by molar-refractivity contribution is 7.19. The second-order valence-electron chi connectivity index (χ2n) is 21.3. The summed E-state index contributed by atoms with van der Waals surface area (Å²) in [4.78, 5) is 65.5. The molecule has 6 atom stereocenters. The van der Waals surface area contributed by atoms with E-state index in [0.29, 0.717) is 82.0 Å². The van der Waals surface area contributed by atoms with E-state index in [9.17, 15) is 40.7 Å². The molecule has 2 fully saturated rings. The van der Waals surface area contributed by atoms with Crippen LogP contribution in [0, 0.1) is 11.8 Å². The summed E-state index contributed by atoms with van der Waals surface area (Å²) in [6, 6.07) is 22.2.